The van der Waals surface area contributed by atoms with E-state index in [2.05, 4.69) is 13.8 Å². The molecule has 6 atom stereocenters. The molecule has 2 bridgehead atoms. The van der Waals surface area contributed by atoms with Gasteiger partial charge in [0.15, 0.2) is 0 Å². The second-order valence-corrected chi connectivity index (χ2v) is 7.24. The van der Waals surface area contributed by atoms with Crippen LogP contribution in [0.5, 0.6) is 0 Å². The number of hydrogen-bond donors (Lipinski definition) is 0. The number of hydrogen-bond acceptors (Lipinski definition) is 3. The first kappa shape index (κ1) is 23.9. The Hall–Kier alpha value is -1.13. The van der Waals surface area contributed by atoms with Crippen LogP contribution in [0.15, 0.2) is 0 Å². The third kappa shape index (κ3) is 6.18. The van der Waals surface area contributed by atoms with Gasteiger partial charge in [-0.2, -0.15) is 30.7 Å². The predicted octanol–water partition coefficient (Wildman–Crippen LogP) is 5.55. The molecule has 0 spiro atoms. The lowest BCUT2D eigenvalue weighted by molar-refractivity contribution is -0.393. The topological polar surface area (TPSA) is 35.5 Å². The largest absolute Gasteiger partial charge is 0.465 e. The van der Waals surface area contributed by atoms with Gasteiger partial charge in [0.05, 0.1) is 18.9 Å². The Morgan fingerprint density at radius 3 is 1.89 bits per heavy atom. The average molecular weight is 414 g/mol. The van der Waals surface area contributed by atoms with E-state index in [9.17, 15) is 40.1 Å². The van der Waals surface area contributed by atoms with Crippen molar-refractivity contribution < 1.29 is 49.7 Å². The van der Waals surface area contributed by atoms with Crippen molar-refractivity contribution in [3.63, 3.8) is 0 Å². The van der Waals surface area contributed by atoms with Crippen molar-refractivity contribution >= 4 is 5.97 Å². The smallest absolute Gasteiger partial charge is 0.451 e. The summed E-state index contributed by atoms with van der Waals surface area (Å²) in [5.41, 5.74) is 0. The zero-order valence-electron chi connectivity index (χ0n) is 15.0. The minimum absolute atomic E-state index is 0.0625. The van der Waals surface area contributed by atoms with E-state index in [-0.39, 0.29) is 12.8 Å². The Balaban J connectivity index is 0.000000345. The highest BCUT2D eigenvalue weighted by Gasteiger charge is 2.55. The first-order valence-corrected chi connectivity index (χ1v) is 8.39. The minimum Gasteiger partial charge on any atom is -0.465 e. The Morgan fingerprint density at radius 1 is 1.00 bits per heavy atom. The van der Waals surface area contributed by atoms with Crippen molar-refractivity contribution in [3.05, 3.63) is 0 Å². The molecule has 2 rings (SSSR count). The van der Waals surface area contributed by atoms with Crippen molar-refractivity contribution in [2.45, 2.75) is 58.2 Å². The molecule has 0 amide bonds. The number of esters is 1. The molecule has 0 heterocycles. The van der Waals surface area contributed by atoms with Crippen LogP contribution in [0.2, 0.25) is 0 Å². The maximum Gasteiger partial charge on any atom is 0.451 e. The molecule has 27 heavy (non-hydrogen) atoms. The second-order valence-electron chi connectivity index (χ2n) is 7.24. The highest BCUT2D eigenvalue weighted by molar-refractivity contribution is 5.73. The maximum atomic E-state index is 12.0. The van der Waals surface area contributed by atoms with Crippen LogP contribution >= 0.6 is 0 Å². The Bertz CT molecular complexity index is 501. The highest BCUT2D eigenvalue weighted by atomic mass is 19.4. The van der Waals surface area contributed by atoms with Crippen molar-refractivity contribution in [2.75, 3.05) is 6.61 Å². The Kier molecular flexibility index (Phi) is 7.51. The summed E-state index contributed by atoms with van der Waals surface area (Å²) in [5.74, 6) is -2.83. The van der Waals surface area contributed by atoms with Gasteiger partial charge in [-0.15, -0.1) is 4.94 Å². The first-order valence-electron chi connectivity index (χ1n) is 8.39. The van der Waals surface area contributed by atoms with Crippen LogP contribution in [0, 0.1) is 29.6 Å². The molecule has 2 saturated carbocycles. The summed E-state index contributed by atoms with van der Waals surface area (Å²) in [4.78, 5) is 13.8. The quantitative estimate of drug-likeness (QED) is 0.447. The first-order chi connectivity index (χ1) is 12.1. The lowest BCUT2D eigenvalue weighted by Gasteiger charge is -2.30. The van der Waals surface area contributed by atoms with Crippen LogP contribution in [0.25, 0.3) is 0 Å². The van der Waals surface area contributed by atoms with Gasteiger partial charge in [-0.25, -0.2) is 0 Å². The molecule has 2 fully saturated rings. The van der Waals surface area contributed by atoms with E-state index >= 15 is 0 Å². The minimum atomic E-state index is -5.32. The van der Waals surface area contributed by atoms with Gasteiger partial charge in [-0.1, -0.05) is 13.8 Å². The number of alkyl halides is 7. The summed E-state index contributed by atoms with van der Waals surface area (Å²) in [6.07, 6.45) is -8.80. The number of rotatable bonds is 4. The zero-order valence-corrected chi connectivity index (χ0v) is 15.0. The van der Waals surface area contributed by atoms with Crippen LogP contribution in [-0.4, -0.2) is 30.8 Å². The van der Waals surface area contributed by atoms with Crippen molar-refractivity contribution in [3.8, 4) is 0 Å². The van der Waals surface area contributed by atoms with Crippen LogP contribution in [0.4, 0.5) is 35.3 Å². The summed E-state index contributed by atoms with van der Waals surface area (Å²) < 4.78 is 96.2. The van der Waals surface area contributed by atoms with Gasteiger partial charge in [0.2, 0.25) is 0 Å². The molecule has 160 valence electrons. The molecule has 3 nitrogen and oxygen atoms in total. The monoisotopic (exact) mass is 414 g/mol. The number of halogens is 8. The van der Waals surface area contributed by atoms with Gasteiger partial charge in [0, 0.05) is 6.92 Å². The van der Waals surface area contributed by atoms with E-state index in [4.69, 9.17) is 4.74 Å². The average Bonchev–Trinajstić information content (AvgIpc) is 3.06. The van der Waals surface area contributed by atoms with Gasteiger partial charge in [0.25, 0.3) is 0 Å². The predicted molar refractivity (Wildman–Crippen MR) is 77.4 cm³/mol. The molecule has 0 aromatic heterocycles. The van der Waals surface area contributed by atoms with Crippen LogP contribution < -0.4 is 0 Å². The lowest BCUT2D eigenvalue weighted by atomic mass is 9.76. The molecule has 0 N–H and O–H groups in total. The van der Waals surface area contributed by atoms with Gasteiger partial charge in [-0.05, 0) is 41.0 Å². The molecule has 2 aliphatic carbocycles. The number of fused-ring (bicyclic) bond motifs is 2. The number of carbonyl (C=O) groups is 1. The number of ether oxygens (including phenoxy) is 1. The highest BCUT2D eigenvalue weighted by Crippen LogP contribution is 2.55. The fourth-order valence-electron chi connectivity index (χ4n) is 3.63. The van der Waals surface area contributed by atoms with E-state index < -0.39 is 37.2 Å². The second kappa shape index (κ2) is 8.48. The van der Waals surface area contributed by atoms with E-state index in [0.29, 0.717) is 23.7 Å². The third-order valence-corrected chi connectivity index (χ3v) is 5.48. The van der Waals surface area contributed by atoms with Crippen LogP contribution in [0.3, 0.4) is 0 Å². The molecule has 6 unspecified atom stereocenters. The van der Waals surface area contributed by atoms with E-state index in [1.807, 2.05) is 4.94 Å². The zero-order chi connectivity index (χ0) is 21.2. The molecule has 0 saturated heterocycles. The normalized spacial score (nSPS) is 32.5. The van der Waals surface area contributed by atoms with Gasteiger partial charge < -0.3 is 4.74 Å². The Morgan fingerprint density at radius 2 is 1.56 bits per heavy atom. The molecular weight excluding hydrogens is 392 g/mol. The molecule has 0 radical (unpaired) electrons. The summed E-state index contributed by atoms with van der Waals surface area (Å²) >= 11 is 0. The van der Waals surface area contributed by atoms with Gasteiger partial charge in [-0.3, -0.25) is 4.79 Å². The fourth-order valence-corrected chi connectivity index (χ4v) is 3.63. The summed E-state index contributed by atoms with van der Waals surface area (Å²) in [6, 6.07) is 0. The standard InChI is InChI=1S/C13H19F3O2.C3H3F5O/c1-7-8(2)10-5-9(7)6-11(10)12(17)18-4-3-13(14,15)16;1-2(4,9-8)3(5,6)7/h7-11H,3-6H2,1-2H3;1H3. The van der Waals surface area contributed by atoms with Crippen LogP contribution in [-0.2, 0) is 14.5 Å². The summed E-state index contributed by atoms with van der Waals surface area (Å²) in [5, 5.41) is 0. The lowest BCUT2D eigenvalue weighted by Crippen LogP contribution is -2.38. The molecule has 2 aliphatic rings. The van der Waals surface area contributed by atoms with Crippen molar-refractivity contribution in [2.24, 2.45) is 29.6 Å². The molecule has 0 aliphatic heterocycles. The SMILES string of the molecule is CC(F)(OF)C(F)(F)F.CC1C2CC(C(=O)OCCC(F)(F)F)C(C2)C1C. The fraction of sp³-hybridized carbons (Fsp3) is 0.938. The van der Waals surface area contributed by atoms with E-state index in [0.717, 1.165) is 12.8 Å². The van der Waals surface area contributed by atoms with E-state index in [1.54, 1.807) is 0 Å². The molecule has 0 aromatic rings. The molecule has 0 aromatic carbocycles. The third-order valence-electron chi connectivity index (χ3n) is 5.48. The molecule has 11 heteroatoms. The summed E-state index contributed by atoms with van der Waals surface area (Å²) in [7, 11) is 0. The van der Waals surface area contributed by atoms with Gasteiger partial charge >= 0.3 is 24.2 Å². The Labute approximate surface area is 151 Å². The van der Waals surface area contributed by atoms with Crippen molar-refractivity contribution in [1.29, 1.82) is 0 Å². The van der Waals surface area contributed by atoms with Crippen molar-refractivity contribution in [1.82, 2.24) is 0 Å². The summed E-state index contributed by atoms with van der Waals surface area (Å²) in [6.45, 7) is 3.72. The van der Waals surface area contributed by atoms with E-state index in [1.165, 1.54) is 0 Å². The maximum absolute atomic E-state index is 12.0. The molecular formula is C16H22F8O3. The van der Waals surface area contributed by atoms with Gasteiger partial charge in [0.1, 0.15) is 0 Å². The number of carbonyl (C=O) groups excluding carboxylic acids is 1. The van der Waals surface area contributed by atoms with Crippen LogP contribution in [0.1, 0.15) is 40.0 Å².